The molecule has 30 heavy (non-hydrogen) atoms. The van der Waals surface area contributed by atoms with E-state index in [-0.39, 0.29) is 12.3 Å². The third-order valence-corrected chi connectivity index (χ3v) is 4.66. The van der Waals surface area contributed by atoms with Crippen molar-refractivity contribution in [3.63, 3.8) is 0 Å². The number of nitro benzene ring substituents is 1. The lowest BCUT2D eigenvalue weighted by Crippen LogP contribution is -2.24. The van der Waals surface area contributed by atoms with Gasteiger partial charge in [-0.2, -0.15) is 5.10 Å². The normalized spacial score (nSPS) is 10.9. The number of ether oxygens (including phenoxy) is 1. The van der Waals surface area contributed by atoms with Gasteiger partial charge in [0.2, 0.25) is 0 Å². The molecule has 0 aliphatic rings. The number of hydrogen-bond acceptors (Lipinski definition) is 6. The zero-order chi connectivity index (χ0) is 21.7. The second-order valence-electron chi connectivity index (χ2n) is 6.48. The van der Waals surface area contributed by atoms with Gasteiger partial charge in [0, 0.05) is 17.7 Å². The van der Waals surface area contributed by atoms with Gasteiger partial charge in [-0.1, -0.05) is 18.2 Å². The number of carbonyl (C=O) groups is 1. The van der Waals surface area contributed by atoms with E-state index < -0.39 is 10.8 Å². The van der Waals surface area contributed by atoms with Crippen LogP contribution >= 0.6 is 15.9 Å². The van der Waals surface area contributed by atoms with Crippen molar-refractivity contribution < 1.29 is 18.9 Å². The van der Waals surface area contributed by atoms with E-state index in [9.17, 15) is 14.9 Å². The average molecular weight is 472 g/mol. The minimum atomic E-state index is -0.469. The van der Waals surface area contributed by atoms with E-state index in [0.29, 0.717) is 22.8 Å². The predicted molar refractivity (Wildman–Crippen MR) is 116 cm³/mol. The molecule has 3 aromatic rings. The summed E-state index contributed by atoms with van der Waals surface area (Å²) in [4.78, 5) is 22.4. The number of nitrogens with one attached hydrogen (secondary N) is 1. The largest absolute Gasteiger partial charge is 0.482 e. The van der Waals surface area contributed by atoms with E-state index in [2.05, 4.69) is 26.5 Å². The second-order valence-corrected chi connectivity index (χ2v) is 7.34. The predicted octanol–water partition coefficient (Wildman–Crippen LogP) is 4.76. The lowest BCUT2D eigenvalue weighted by Gasteiger charge is -2.11. The SMILES string of the molecule is Cc1cc(C)c(OCC(=O)NN=Cc2ccc(-c3cccc([N+](=O)[O-])c3)o2)c(Br)c1. The van der Waals surface area contributed by atoms with Gasteiger partial charge in [-0.15, -0.1) is 0 Å². The molecule has 0 saturated heterocycles. The van der Waals surface area contributed by atoms with Gasteiger partial charge in [0.1, 0.15) is 17.3 Å². The number of rotatable bonds is 7. The van der Waals surface area contributed by atoms with Crippen molar-refractivity contribution in [2.24, 2.45) is 5.10 Å². The summed E-state index contributed by atoms with van der Waals surface area (Å²) in [5.74, 6) is 1.01. The first kappa shape index (κ1) is 21.3. The fourth-order valence-corrected chi connectivity index (χ4v) is 3.56. The molecule has 0 saturated carbocycles. The van der Waals surface area contributed by atoms with E-state index in [1.165, 1.54) is 18.3 Å². The van der Waals surface area contributed by atoms with Gasteiger partial charge >= 0.3 is 0 Å². The van der Waals surface area contributed by atoms with Crippen molar-refractivity contribution in [2.75, 3.05) is 6.61 Å². The van der Waals surface area contributed by atoms with E-state index in [1.54, 1.807) is 24.3 Å². The van der Waals surface area contributed by atoms with Crippen LogP contribution in [0.1, 0.15) is 16.9 Å². The lowest BCUT2D eigenvalue weighted by molar-refractivity contribution is -0.384. The van der Waals surface area contributed by atoms with Gasteiger partial charge < -0.3 is 9.15 Å². The standard InChI is InChI=1S/C21H18BrN3O5/c1-13-8-14(2)21(18(22)9-13)29-12-20(26)24-23-11-17-6-7-19(30-17)15-4-3-5-16(10-15)25(27)28/h3-11H,12H2,1-2H3,(H,24,26). The van der Waals surface area contributed by atoms with Crippen LogP contribution in [0.4, 0.5) is 5.69 Å². The molecule has 0 radical (unpaired) electrons. The number of nitro groups is 1. The summed E-state index contributed by atoms with van der Waals surface area (Å²) in [6, 6.07) is 13.3. The maximum absolute atomic E-state index is 12.0. The molecule has 154 valence electrons. The minimum Gasteiger partial charge on any atom is -0.482 e. The Kier molecular flexibility index (Phi) is 6.63. The molecular weight excluding hydrogens is 454 g/mol. The first-order chi connectivity index (χ1) is 14.3. The molecule has 0 spiro atoms. The maximum Gasteiger partial charge on any atom is 0.277 e. The molecular formula is C21H18BrN3O5. The number of hydrogen-bond donors (Lipinski definition) is 1. The Bertz CT molecular complexity index is 1100. The van der Waals surface area contributed by atoms with Crippen molar-refractivity contribution in [1.29, 1.82) is 0 Å². The molecule has 0 atom stereocenters. The second kappa shape index (κ2) is 9.36. The zero-order valence-electron chi connectivity index (χ0n) is 16.2. The van der Waals surface area contributed by atoms with Gasteiger partial charge in [0.05, 0.1) is 15.6 Å². The minimum absolute atomic E-state index is 0.0261. The summed E-state index contributed by atoms with van der Waals surface area (Å²) in [6.07, 6.45) is 1.34. The van der Waals surface area contributed by atoms with Crippen LogP contribution in [0.5, 0.6) is 5.75 Å². The molecule has 1 aromatic heterocycles. The summed E-state index contributed by atoms with van der Waals surface area (Å²) < 4.78 is 11.9. The van der Waals surface area contributed by atoms with E-state index in [4.69, 9.17) is 9.15 Å². The molecule has 0 aliphatic carbocycles. The number of hydrazone groups is 1. The molecule has 1 N–H and O–H groups in total. The highest BCUT2D eigenvalue weighted by atomic mass is 79.9. The Hall–Kier alpha value is -3.46. The van der Waals surface area contributed by atoms with Gasteiger partial charge in [0.15, 0.2) is 6.61 Å². The van der Waals surface area contributed by atoms with Gasteiger partial charge in [-0.3, -0.25) is 14.9 Å². The van der Waals surface area contributed by atoms with Crippen LogP contribution in [-0.2, 0) is 4.79 Å². The molecule has 9 heteroatoms. The summed E-state index contributed by atoms with van der Waals surface area (Å²) >= 11 is 3.43. The first-order valence-corrected chi connectivity index (χ1v) is 9.69. The number of furan rings is 1. The van der Waals surface area contributed by atoms with Crippen LogP contribution < -0.4 is 10.2 Å². The van der Waals surface area contributed by atoms with Crippen LogP contribution in [0.2, 0.25) is 0 Å². The fourth-order valence-electron chi connectivity index (χ4n) is 2.77. The topological polar surface area (TPSA) is 107 Å². The van der Waals surface area contributed by atoms with Crippen LogP contribution in [0.3, 0.4) is 0 Å². The Labute approximate surface area is 180 Å². The van der Waals surface area contributed by atoms with Crippen LogP contribution in [0, 0.1) is 24.0 Å². The molecule has 8 nitrogen and oxygen atoms in total. The molecule has 0 fully saturated rings. The summed E-state index contributed by atoms with van der Waals surface area (Å²) in [5.41, 5.74) is 4.92. The molecule has 1 amide bonds. The summed E-state index contributed by atoms with van der Waals surface area (Å²) in [7, 11) is 0. The van der Waals surface area contributed by atoms with E-state index in [0.717, 1.165) is 15.6 Å². The highest BCUT2D eigenvalue weighted by Gasteiger charge is 2.11. The Morgan fingerprint density at radius 2 is 2.07 bits per heavy atom. The van der Waals surface area contributed by atoms with Crippen molar-refractivity contribution in [1.82, 2.24) is 5.43 Å². The van der Waals surface area contributed by atoms with Crippen LogP contribution in [0.15, 0.2) is 62.5 Å². The molecule has 3 rings (SSSR count). The number of aryl methyl sites for hydroxylation is 2. The fraction of sp³-hybridized carbons (Fsp3) is 0.143. The highest BCUT2D eigenvalue weighted by molar-refractivity contribution is 9.10. The van der Waals surface area contributed by atoms with Crippen molar-refractivity contribution in [3.05, 3.63) is 80.0 Å². The highest BCUT2D eigenvalue weighted by Crippen LogP contribution is 2.30. The number of amides is 1. The summed E-state index contributed by atoms with van der Waals surface area (Å²) in [6.45, 7) is 3.68. The van der Waals surface area contributed by atoms with Crippen molar-refractivity contribution in [2.45, 2.75) is 13.8 Å². The smallest absolute Gasteiger partial charge is 0.277 e. The van der Waals surface area contributed by atoms with Gasteiger partial charge in [-0.25, -0.2) is 5.43 Å². The number of carbonyl (C=O) groups excluding carboxylic acids is 1. The lowest BCUT2D eigenvalue weighted by atomic mass is 10.1. The van der Waals surface area contributed by atoms with Crippen LogP contribution in [0.25, 0.3) is 11.3 Å². The molecule has 0 bridgehead atoms. The summed E-state index contributed by atoms with van der Waals surface area (Å²) in [5, 5.41) is 14.7. The third kappa shape index (κ3) is 5.32. The Morgan fingerprint density at radius 1 is 1.27 bits per heavy atom. The first-order valence-electron chi connectivity index (χ1n) is 8.89. The van der Waals surface area contributed by atoms with E-state index in [1.807, 2.05) is 26.0 Å². The number of benzene rings is 2. The van der Waals surface area contributed by atoms with Crippen LogP contribution in [-0.4, -0.2) is 23.7 Å². The molecule has 2 aromatic carbocycles. The Balaban J connectivity index is 1.57. The van der Waals surface area contributed by atoms with Crippen molar-refractivity contribution in [3.8, 4) is 17.1 Å². The average Bonchev–Trinajstić information content (AvgIpc) is 3.16. The quantitative estimate of drug-likeness (QED) is 0.303. The molecule has 0 aliphatic heterocycles. The number of nitrogens with zero attached hydrogens (tertiary/aromatic N) is 2. The van der Waals surface area contributed by atoms with Gasteiger partial charge in [0.25, 0.3) is 11.6 Å². The monoisotopic (exact) mass is 471 g/mol. The molecule has 0 unspecified atom stereocenters. The van der Waals surface area contributed by atoms with Crippen molar-refractivity contribution >= 4 is 33.7 Å². The number of halogens is 1. The number of non-ortho nitro benzene ring substituents is 1. The molecule has 1 heterocycles. The van der Waals surface area contributed by atoms with E-state index >= 15 is 0 Å². The van der Waals surface area contributed by atoms with Gasteiger partial charge in [-0.05, 0) is 59.1 Å². The zero-order valence-corrected chi connectivity index (χ0v) is 17.8. The Morgan fingerprint density at radius 3 is 2.80 bits per heavy atom. The maximum atomic E-state index is 12.0. The third-order valence-electron chi connectivity index (χ3n) is 4.07.